The Morgan fingerprint density at radius 2 is 1.93 bits per heavy atom. The molecule has 0 N–H and O–H groups in total. The van der Waals surface area contributed by atoms with Crippen LogP contribution in [0.4, 0.5) is 0 Å². The van der Waals surface area contributed by atoms with E-state index in [0.717, 1.165) is 88.6 Å². The van der Waals surface area contributed by atoms with Gasteiger partial charge in [0.2, 0.25) is 0 Å². The smallest absolute Gasteiger partial charge is 0.254 e. The van der Waals surface area contributed by atoms with Gasteiger partial charge in [-0.1, -0.05) is 0 Å². The zero-order valence-electron chi connectivity index (χ0n) is 17.7. The quantitative estimate of drug-likeness (QED) is 0.716. The molecule has 2 aliphatic rings. The minimum Gasteiger partial charge on any atom is -0.497 e. The molecule has 0 unspecified atom stereocenters. The SMILES string of the molecule is COc1ccc(C(=O)N(CCCN2CCN(C)CC2)C2CCOCC2)c(C)c1. The number of nitrogens with zero attached hydrogens (tertiary/aromatic N) is 3. The predicted molar refractivity (Wildman–Crippen MR) is 111 cm³/mol. The fraction of sp³-hybridized carbons (Fsp3) is 0.682. The number of carbonyl (C=O) groups is 1. The summed E-state index contributed by atoms with van der Waals surface area (Å²) in [6.45, 7) is 9.86. The molecule has 0 aromatic heterocycles. The maximum atomic E-state index is 13.4. The summed E-state index contributed by atoms with van der Waals surface area (Å²) in [5.74, 6) is 0.937. The van der Waals surface area contributed by atoms with Crippen LogP contribution in [0.25, 0.3) is 0 Å². The van der Waals surface area contributed by atoms with Gasteiger partial charge in [-0.05, 0) is 63.5 Å². The Hall–Kier alpha value is -1.63. The molecule has 0 aliphatic carbocycles. The van der Waals surface area contributed by atoms with Crippen molar-refractivity contribution in [2.75, 3.05) is 66.6 Å². The zero-order valence-corrected chi connectivity index (χ0v) is 17.7. The molecule has 6 heteroatoms. The molecule has 1 aromatic carbocycles. The number of aryl methyl sites for hydroxylation is 1. The fourth-order valence-corrected chi connectivity index (χ4v) is 4.14. The van der Waals surface area contributed by atoms with Gasteiger partial charge in [0.1, 0.15) is 5.75 Å². The average Bonchev–Trinajstić information content (AvgIpc) is 2.72. The van der Waals surface area contributed by atoms with E-state index in [1.807, 2.05) is 25.1 Å². The summed E-state index contributed by atoms with van der Waals surface area (Å²) in [5.41, 5.74) is 1.76. The highest BCUT2D eigenvalue weighted by atomic mass is 16.5. The van der Waals surface area contributed by atoms with Crippen LogP contribution in [0.2, 0.25) is 0 Å². The summed E-state index contributed by atoms with van der Waals surface area (Å²) in [6.07, 6.45) is 2.87. The number of piperazine rings is 1. The van der Waals surface area contributed by atoms with Crippen molar-refractivity contribution in [3.05, 3.63) is 29.3 Å². The normalized spacial score (nSPS) is 19.5. The number of ether oxygens (including phenoxy) is 2. The van der Waals surface area contributed by atoms with Gasteiger partial charge < -0.3 is 24.2 Å². The van der Waals surface area contributed by atoms with Gasteiger partial charge in [0.15, 0.2) is 0 Å². The van der Waals surface area contributed by atoms with Crippen molar-refractivity contribution in [3.63, 3.8) is 0 Å². The van der Waals surface area contributed by atoms with Gasteiger partial charge in [-0.3, -0.25) is 4.79 Å². The van der Waals surface area contributed by atoms with E-state index in [1.54, 1.807) is 7.11 Å². The Bertz CT molecular complexity index is 638. The maximum Gasteiger partial charge on any atom is 0.254 e. The zero-order chi connectivity index (χ0) is 19.9. The van der Waals surface area contributed by atoms with Crippen LogP contribution in [0, 0.1) is 6.92 Å². The van der Waals surface area contributed by atoms with Crippen LogP contribution >= 0.6 is 0 Å². The minimum atomic E-state index is 0.144. The van der Waals surface area contributed by atoms with Crippen LogP contribution in [0.5, 0.6) is 5.75 Å². The van der Waals surface area contributed by atoms with E-state index in [4.69, 9.17) is 9.47 Å². The third-order valence-electron chi connectivity index (χ3n) is 6.03. The van der Waals surface area contributed by atoms with E-state index < -0.39 is 0 Å². The number of rotatable bonds is 7. The number of hydrogen-bond acceptors (Lipinski definition) is 5. The lowest BCUT2D eigenvalue weighted by molar-refractivity contribution is 0.0275. The number of methoxy groups -OCH3 is 1. The molecule has 1 amide bonds. The number of likely N-dealkylation sites (N-methyl/N-ethyl adjacent to an activating group) is 1. The lowest BCUT2D eigenvalue weighted by atomic mass is 10.0. The van der Waals surface area contributed by atoms with Crippen molar-refractivity contribution >= 4 is 5.91 Å². The molecule has 1 aromatic rings. The molecular formula is C22H35N3O3. The van der Waals surface area contributed by atoms with Crippen LogP contribution in [-0.2, 0) is 4.74 Å². The number of benzene rings is 1. The van der Waals surface area contributed by atoms with E-state index in [1.165, 1.54) is 0 Å². The monoisotopic (exact) mass is 389 g/mol. The van der Waals surface area contributed by atoms with E-state index in [9.17, 15) is 4.79 Å². The van der Waals surface area contributed by atoms with Crippen molar-refractivity contribution in [2.45, 2.75) is 32.2 Å². The van der Waals surface area contributed by atoms with Gasteiger partial charge in [0.25, 0.3) is 5.91 Å². The summed E-state index contributed by atoms with van der Waals surface area (Å²) < 4.78 is 10.8. The average molecular weight is 390 g/mol. The second kappa shape index (κ2) is 10.2. The summed E-state index contributed by atoms with van der Waals surface area (Å²) in [6, 6.07) is 6.01. The van der Waals surface area contributed by atoms with Crippen molar-refractivity contribution in [1.29, 1.82) is 0 Å². The summed E-state index contributed by atoms with van der Waals surface area (Å²) >= 11 is 0. The molecule has 2 saturated heterocycles. The summed E-state index contributed by atoms with van der Waals surface area (Å²) in [5, 5.41) is 0. The second-order valence-corrected chi connectivity index (χ2v) is 8.02. The van der Waals surface area contributed by atoms with E-state index in [2.05, 4.69) is 21.7 Å². The van der Waals surface area contributed by atoms with Crippen molar-refractivity contribution in [2.24, 2.45) is 0 Å². The Morgan fingerprint density at radius 1 is 1.21 bits per heavy atom. The molecule has 2 heterocycles. The fourth-order valence-electron chi connectivity index (χ4n) is 4.14. The van der Waals surface area contributed by atoms with Gasteiger partial charge in [-0.2, -0.15) is 0 Å². The molecule has 0 radical (unpaired) electrons. The van der Waals surface area contributed by atoms with E-state index >= 15 is 0 Å². The van der Waals surface area contributed by atoms with Gasteiger partial charge >= 0.3 is 0 Å². The van der Waals surface area contributed by atoms with Crippen LogP contribution < -0.4 is 4.74 Å². The molecule has 156 valence electrons. The number of hydrogen-bond donors (Lipinski definition) is 0. The Labute approximate surface area is 169 Å². The summed E-state index contributed by atoms with van der Waals surface area (Å²) in [4.78, 5) is 20.4. The number of amides is 1. The van der Waals surface area contributed by atoms with Crippen molar-refractivity contribution < 1.29 is 14.3 Å². The number of carbonyl (C=O) groups excluding carboxylic acids is 1. The molecule has 0 bridgehead atoms. The topological polar surface area (TPSA) is 45.2 Å². The van der Waals surface area contributed by atoms with Crippen LogP contribution in [0.3, 0.4) is 0 Å². The lowest BCUT2D eigenvalue weighted by Gasteiger charge is -2.36. The summed E-state index contributed by atoms with van der Waals surface area (Å²) in [7, 11) is 3.84. The van der Waals surface area contributed by atoms with Gasteiger partial charge in [-0.15, -0.1) is 0 Å². The first-order chi connectivity index (χ1) is 13.6. The highest BCUT2D eigenvalue weighted by molar-refractivity contribution is 5.96. The van der Waals surface area contributed by atoms with Crippen molar-refractivity contribution in [3.8, 4) is 5.75 Å². The highest BCUT2D eigenvalue weighted by Gasteiger charge is 2.27. The standard InChI is InChI=1S/C22H35N3O3/c1-18-17-20(27-3)5-6-21(18)22(26)25(19-7-15-28-16-8-19)10-4-9-24-13-11-23(2)12-14-24/h5-6,17,19H,4,7-16H2,1-3H3. The van der Waals surface area contributed by atoms with Crippen molar-refractivity contribution in [1.82, 2.24) is 14.7 Å². The minimum absolute atomic E-state index is 0.144. The van der Waals surface area contributed by atoms with E-state index in [0.29, 0.717) is 0 Å². The molecule has 0 atom stereocenters. The first-order valence-corrected chi connectivity index (χ1v) is 10.5. The van der Waals surface area contributed by atoms with Gasteiger partial charge in [0, 0.05) is 57.5 Å². The molecule has 0 saturated carbocycles. The first-order valence-electron chi connectivity index (χ1n) is 10.5. The van der Waals surface area contributed by atoms with Crippen LogP contribution in [0.1, 0.15) is 35.2 Å². The molecule has 28 heavy (non-hydrogen) atoms. The third-order valence-corrected chi connectivity index (χ3v) is 6.03. The molecule has 2 fully saturated rings. The highest BCUT2D eigenvalue weighted by Crippen LogP contribution is 2.22. The Balaban J connectivity index is 1.65. The van der Waals surface area contributed by atoms with Gasteiger partial charge in [0.05, 0.1) is 7.11 Å². The van der Waals surface area contributed by atoms with E-state index in [-0.39, 0.29) is 11.9 Å². The van der Waals surface area contributed by atoms with Crippen LogP contribution in [-0.4, -0.2) is 93.3 Å². The second-order valence-electron chi connectivity index (χ2n) is 8.02. The van der Waals surface area contributed by atoms with Crippen LogP contribution in [0.15, 0.2) is 18.2 Å². The first kappa shape index (κ1) is 21.1. The lowest BCUT2D eigenvalue weighted by Crippen LogP contribution is -2.47. The molecule has 0 spiro atoms. The molecule has 3 rings (SSSR count). The predicted octanol–water partition coefficient (Wildman–Crippen LogP) is 2.26. The Kier molecular flexibility index (Phi) is 7.71. The molecule has 2 aliphatic heterocycles. The molecular weight excluding hydrogens is 354 g/mol. The Morgan fingerprint density at radius 3 is 2.57 bits per heavy atom. The third kappa shape index (κ3) is 5.46. The molecule has 6 nitrogen and oxygen atoms in total. The largest absolute Gasteiger partial charge is 0.497 e. The van der Waals surface area contributed by atoms with Gasteiger partial charge in [-0.25, -0.2) is 0 Å². The maximum absolute atomic E-state index is 13.4.